The Kier molecular flexibility index (Phi) is 3.31. The van der Waals surface area contributed by atoms with E-state index in [1.807, 2.05) is 11.8 Å². The van der Waals surface area contributed by atoms with Crippen molar-refractivity contribution in [2.24, 2.45) is 0 Å². The Morgan fingerprint density at radius 1 is 1.33 bits per heavy atom. The number of hydrogen-bond acceptors (Lipinski definition) is 5. The summed E-state index contributed by atoms with van der Waals surface area (Å²) in [6.45, 7) is 3.20. The van der Waals surface area contributed by atoms with Gasteiger partial charge in [-0.3, -0.25) is 9.59 Å². The van der Waals surface area contributed by atoms with E-state index in [4.69, 9.17) is 11.6 Å². The Morgan fingerprint density at radius 3 is 2.75 bits per heavy atom. The molecule has 2 aliphatic rings. The lowest BCUT2D eigenvalue weighted by molar-refractivity contribution is -0.115. The van der Waals surface area contributed by atoms with Crippen LogP contribution in [0.2, 0.25) is 5.15 Å². The molecule has 7 heteroatoms. The van der Waals surface area contributed by atoms with Crippen molar-refractivity contribution in [3.63, 3.8) is 0 Å². The molecule has 2 aromatic rings. The highest BCUT2D eigenvalue weighted by Gasteiger charge is 2.41. The molecule has 2 aromatic heterocycles. The van der Waals surface area contributed by atoms with Gasteiger partial charge < -0.3 is 4.90 Å². The zero-order valence-corrected chi connectivity index (χ0v) is 14.0. The predicted molar refractivity (Wildman–Crippen MR) is 90.9 cm³/mol. The molecule has 0 radical (unpaired) electrons. The first kappa shape index (κ1) is 15.1. The van der Waals surface area contributed by atoms with Crippen molar-refractivity contribution >= 4 is 40.7 Å². The number of aromatic nitrogens is 2. The lowest BCUT2D eigenvalue weighted by atomic mass is 10.2. The molecule has 0 aromatic carbocycles. The number of nitrogens with zero attached hydrogens (tertiary/aromatic N) is 4. The van der Waals surface area contributed by atoms with Gasteiger partial charge in [0.25, 0.3) is 5.91 Å². The molecule has 0 N–H and O–H groups in total. The third kappa shape index (κ3) is 2.17. The molecular formula is C17H15ClN4O2. The highest BCUT2D eigenvalue weighted by atomic mass is 35.5. The number of amides is 2. The van der Waals surface area contributed by atoms with Crippen molar-refractivity contribution in [3.05, 3.63) is 40.7 Å². The van der Waals surface area contributed by atoms with Crippen LogP contribution in [0, 0.1) is 6.92 Å². The number of carbonyl (C=O) groups is 2. The quantitative estimate of drug-likeness (QED) is 0.744. The van der Waals surface area contributed by atoms with Crippen molar-refractivity contribution < 1.29 is 9.59 Å². The summed E-state index contributed by atoms with van der Waals surface area (Å²) in [6, 6.07) is 5.27. The first-order chi connectivity index (χ1) is 11.5. The molecule has 1 fully saturated rings. The molecular weight excluding hydrogens is 328 g/mol. The molecule has 6 nitrogen and oxygen atoms in total. The van der Waals surface area contributed by atoms with Crippen LogP contribution in [0.3, 0.4) is 0 Å². The van der Waals surface area contributed by atoms with E-state index in [1.54, 1.807) is 24.4 Å². The van der Waals surface area contributed by atoms with E-state index in [-0.39, 0.29) is 17.9 Å². The number of imide groups is 1. The highest BCUT2D eigenvalue weighted by molar-refractivity contribution is 6.30. The number of anilines is 3. The molecule has 0 unspecified atom stereocenters. The molecule has 0 saturated heterocycles. The average Bonchev–Trinajstić information content (AvgIpc) is 3.35. The summed E-state index contributed by atoms with van der Waals surface area (Å²) >= 11 is 6.17. The van der Waals surface area contributed by atoms with Crippen molar-refractivity contribution in [2.75, 3.05) is 9.80 Å². The van der Waals surface area contributed by atoms with Crippen LogP contribution in [0.25, 0.3) is 0 Å². The molecule has 1 aliphatic heterocycles. The smallest absolute Gasteiger partial charge is 0.268 e. The molecule has 122 valence electrons. The minimum atomic E-state index is -0.387. The van der Waals surface area contributed by atoms with Gasteiger partial charge in [-0.2, -0.15) is 0 Å². The first-order valence-corrected chi connectivity index (χ1v) is 8.13. The summed E-state index contributed by atoms with van der Waals surface area (Å²) in [4.78, 5) is 37.3. The van der Waals surface area contributed by atoms with Crippen molar-refractivity contribution in [3.8, 4) is 0 Å². The number of rotatable bonds is 1. The monoisotopic (exact) mass is 342 g/mol. The lowest BCUT2D eigenvalue weighted by Crippen LogP contribution is -2.35. The van der Waals surface area contributed by atoms with Gasteiger partial charge in [-0.1, -0.05) is 11.6 Å². The van der Waals surface area contributed by atoms with E-state index in [1.165, 1.54) is 11.8 Å². The molecule has 1 aliphatic carbocycles. The van der Waals surface area contributed by atoms with Gasteiger partial charge in [0.05, 0.1) is 11.3 Å². The largest absolute Gasteiger partial charge is 0.305 e. The minimum Gasteiger partial charge on any atom is -0.305 e. The van der Waals surface area contributed by atoms with Crippen molar-refractivity contribution in [1.82, 2.24) is 9.97 Å². The third-order valence-corrected chi connectivity index (χ3v) is 4.45. The number of aryl methyl sites for hydroxylation is 1. The van der Waals surface area contributed by atoms with Crippen LogP contribution in [0.1, 0.15) is 35.7 Å². The maximum absolute atomic E-state index is 13.0. The van der Waals surface area contributed by atoms with Gasteiger partial charge >= 0.3 is 0 Å². The Balaban J connectivity index is 2.09. The topological polar surface area (TPSA) is 66.4 Å². The summed E-state index contributed by atoms with van der Waals surface area (Å²) in [6.07, 6.45) is 3.61. The normalized spacial score (nSPS) is 16.5. The van der Waals surface area contributed by atoms with Gasteiger partial charge in [0, 0.05) is 19.2 Å². The van der Waals surface area contributed by atoms with Gasteiger partial charge in [-0.25, -0.2) is 14.9 Å². The van der Waals surface area contributed by atoms with Crippen LogP contribution in [-0.4, -0.2) is 27.8 Å². The minimum absolute atomic E-state index is 0.211. The second-order valence-electron chi connectivity index (χ2n) is 6.07. The molecule has 1 saturated carbocycles. The molecule has 3 heterocycles. The van der Waals surface area contributed by atoms with Crippen LogP contribution >= 0.6 is 11.6 Å². The third-order valence-electron chi connectivity index (χ3n) is 4.26. The Morgan fingerprint density at radius 2 is 2.08 bits per heavy atom. The van der Waals surface area contributed by atoms with Gasteiger partial charge in [-0.05, 0) is 43.5 Å². The Hall–Kier alpha value is -2.47. The molecule has 0 spiro atoms. The van der Waals surface area contributed by atoms with Crippen LogP contribution in [0.15, 0.2) is 24.4 Å². The van der Waals surface area contributed by atoms with Crippen LogP contribution in [0.5, 0.6) is 0 Å². The molecule has 4 rings (SSSR count). The summed E-state index contributed by atoms with van der Waals surface area (Å²) in [5.74, 6) is 0.302. The highest BCUT2D eigenvalue weighted by Crippen LogP contribution is 2.46. The van der Waals surface area contributed by atoms with Gasteiger partial charge in [0.15, 0.2) is 5.82 Å². The number of halogens is 1. The lowest BCUT2D eigenvalue weighted by Gasteiger charge is -2.25. The van der Waals surface area contributed by atoms with Crippen molar-refractivity contribution in [2.45, 2.75) is 32.7 Å². The van der Waals surface area contributed by atoms with E-state index >= 15 is 0 Å². The Labute approximate surface area is 144 Å². The number of carbonyl (C=O) groups excluding carboxylic acids is 2. The van der Waals surface area contributed by atoms with E-state index in [0.29, 0.717) is 28.0 Å². The predicted octanol–water partition coefficient (Wildman–Crippen LogP) is 3.25. The van der Waals surface area contributed by atoms with Crippen molar-refractivity contribution in [1.29, 1.82) is 0 Å². The second-order valence-corrected chi connectivity index (χ2v) is 6.46. The summed E-state index contributed by atoms with van der Waals surface area (Å²) in [7, 11) is 0. The van der Waals surface area contributed by atoms with Crippen LogP contribution in [-0.2, 0) is 4.79 Å². The average molecular weight is 343 g/mol. The van der Waals surface area contributed by atoms with E-state index in [9.17, 15) is 9.59 Å². The fraction of sp³-hybridized carbons (Fsp3) is 0.294. The maximum Gasteiger partial charge on any atom is 0.268 e. The SMILES string of the molecule is CC(=O)N1C(=O)c2cccnc2N(C2CC2)c2nc(Cl)cc(C)c21. The molecule has 24 heavy (non-hydrogen) atoms. The molecule has 2 amide bonds. The maximum atomic E-state index is 13.0. The zero-order chi connectivity index (χ0) is 17.0. The summed E-state index contributed by atoms with van der Waals surface area (Å²) < 4.78 is 0. The first-order valence-electron chi connectivity index (χ1n) is 7.75. The van der Waals surface area contributed by atoms with E-state index in [2.05, 4.69) is 9.97 Å². The van der Waals surface area contributed by atoms with E-state index in [0.717, 1.165) is 18.4 Å². The van der Waals surface area contributed by atoms with Gasteiger partial charge in [-0.15, -0.1) is 0 Å². The Bertz CT molecular complexity index is 879. The van der Waals surface area contributed by atoms with Crippen LogP contribution in [0.4, 0.5) is 17.3 Å². The van der Waals surface area contributed by atoms with Crippen LogP contribution < -0.4 is 9.80 Å². The summed E-state index contributed by atoms with van der Waals surface area (Å²) in [5.41, 5.74) is 1.61. The number of fused-ring (bicyclic) bond motifs is 2. The standard InChI is InChI=1S/C17H15ClN4O2/c1-9-8-13(18)20-16-14(9)21(10(2)23)17(24)12-4-3-7-19-15(12)22(16)11-5-6-11/h3-4,7-8,11H,5-6H2,1-2H3. The molecule has 0 atom stereocenters. The molecule has 0 bridgehead atoms. The van der Waals surface area contributed by atoms with E-state index < -0.39 is 0 Å². The number of hydrogen-bond donors (Lipinski definition) is 0. The van der Waals surface area contributed by atoms with Gasteiger partial charge in [0.1, 0.15) is 11.0 Å². The fourth-order valence-electron chi connectivity index (χ4n) is 3.11. The number of pyridine rings is 2. The second kappa shape index (κ2) is 5.27. The zero-order valence-electron chi connectivity index (χ0n) is 13.3. The fourth-order valence-corrected chi connectivity index (χ4v) is 3.36. The summed E-state index contributed by atoms with van der Waals surface area (Å²) in [5, 5.41) is 0.326. The van der Waals surface area contributed by atoms with Gasteiger partial charge in [0.2, 0.25) is 5.91 Å².